The summed E-state index contributed by atoms with van der Waals surface area (Å²) in [5.74, 6) is -2.83. The van der Waals surface area contributed by atoms with Gasteiger partial charge < -0.3 is 21.5 Å². The van der Waals surface area contributed by atoms with Crippen LogP contribution in [-0.2, 0) is 25.6 Å². The molecule has 0 saturated heterocycles. The van der Waals surface area contributed by atoms with Gasteiger partial charge in [0.25, 0.3) is 0 Å². The van der Waals surface area contributed by atoms with Crippen LogP contribution < -0.4 is 16.4 Å². The molecule has 0 aliphatic carbocycles. The monoisotopic (exact) mass is 431 g/mol. The third-order valence-electron chi connectivity index (χ3n) is 4.45. The average molecular weight is 432 g/mol. The van der Waals surface area contributed by atoms with Gasteiger partial charge in [-0.15, -0.1) is 11.3 Å². The Labute approximate surface area is 178 Å². The van der Waals surface area contributed by atoms with Gasteiger partial charge in [-0.3, -0.25) is 19.2 Å². The Balaban J connectivity index is 1.90. The van der Waals surface area contributed by atoms with Crippen LogP contribution in [-0.4, -0.2) is 41.4 Å². The predicted molar refractivity (Wildman–Crippen MR) is 114 cm³/mol. The summed E-state index contributed by atoms with van der Waals surface area (Å²) in [5.41, 5.74) is 8.30. The number of amides is 3. The molecule has 9 heteroatoms. The standard InChI is InChI=1S/C21H25N3O5S/c1-13-10-11-30-20(13)15-5-2-14(3-6-15)4-8-18(26)24-16(7-9-19(27)28)21(29)23-12-17(22)25/h2-3,5-6,10-11,16H,4,7-9,12H2,1H3,(H2,22,25)(H,23,29)(H,24,26)(H,27,28). The summed E-state index contributed by atoms with van der Waals surface area (Å²) in [7, 11) is 0. The van der Waals surface area contributed by atoms with Crippen LogP contribution in [0.15, 0.2) is 35.7 Å². The van der Waals surface area contributed by atoms with E-state index in [9.17, 15) is 19.2 Å². The van der Waals surface area contributed by atoms with Crippen molar-refractivity contribution >= 4 is 35.0 Å². The van der Waals surface area contributed by atoms with Crippen molar-refractivity contribution in [3.05, 3.63) is 46.8 Å². The first-order chi connectivity index (χ1) is 14.3. The number of primary amides is 1. The lowest BCUT2D eigenvalue weighted by atomic mass is 10.0. The second-order valence-corrected chi connectivity index (χ2v) is 7.78. The summed E-state index contributed by atoms with van der Waals surface area (Å²) in [5, 5.41) is 15.7. The molecule has 1 atom stereocenters. The van der Waals surface area contributed by atoms with Gasteiger partial charge in [0, 0.05) is 17.7 Å². The van der Waals surface area contributed by atoms with E-state index >= 15 is 0 Å². The van der Waals surface area contributed by atoms with E-state index in [-0.39, 0.29) is 31.7 Å². The molecule has 5 N–H and O–H groups in total. The first kappa shape index (κ1) is 23.1. The molecule has 30 heavy (non-hydrogen) atoms. The maximum atomic E-state index is 12.3. The number of carboxylic acid groups (broad SMARTS) is 1. The van der Waals surface area contributed by atoms with Crippen LogP contribution >= 0.6 is 11.3 Å². The fraction of sp³-hybridized carbons (Fsp3) is 0.333. The maximum Gasteiger partial charge on any atom is 0.303 e. The highest BCUT2D eigenvalue weighted by Crippen LogP contribution is 2.29. The zero-order chi connectivity index (χ0) is 22.1. The van der Waals surface area contributed by atoms with E-state index in [4.69, 9.17) is 10.8 Å². The summed E-state index contributed by atoms with van der Waals surface area (Å²) in [6.45, 7) is 1.68. The largest absolute Gasteiger partial charge is 0.481 e. The molecule has 0 spiro atoms. The van der Waals surface area contributed by atoms with E-state index in [0.717, 1.165) is 11.1 Å². The third kappa shape index (κ3) is 7.32. The minimum absolute atomic E-state index is 0.0828. The van der Waals surface area contributed by atoms with Crippen LogP contribution in [0.5, 0.6) is 0 Å². The molecule has 1 aromatic carbocycles. The highest BCUT2D eigenvalue weighted by Gasteiger charge is 2.21. The number of thiophene rings is 1. The fourth-order valence-corrected chi connectivity index (χ4v) is 3.78. The number of rotatable bonds is 11. The molecule has 0 fully saturated rings. The second-order valence-electron chi connectivity index (χ2n) is 6.87. The summed E-state index contributed by atoms with van der Waals surface area (Å²) in [6.07, 6.45) is 0.243. The number of nitrogens with two attached hydrogens (primary N) is 1. The summed E-state index contributed by atoms with van der Waals surface area (Å²) in [4.78, 5) is 47.2. The zero-order valence-electron chi connectivity index (χ0n) is 16.6. The molecular formula is C21H25N3O5S. The van der Waals surface area contributed by atoms with Crippen molar-refractivity contribution in [2.24, 2.45) is 5.73 Å². The van der Waals surface area contributed by atoms with E-state index in [2.05, 4.69) is 23.6 Å². The molecule has 2 aromatic rings. The van der Waals surface area contributed by atoms with Gasteiger partial charge in [0.1, 0.15) is 6.04 Å². The van der Waals surface area contributed by atoms with Gasteiger partial charge in [-0.1, -0.05) is 24.3 Å². The summed E-state index contributed by atoms with van der Waals surface area (Å²) in [6, 6.07) is 8.97. The van der Waals surface area contributed by atoms with E-state index in [1.54, 1.807) is 11.3 Å². The van der Waals surface area contributed by atoms with Crippen molar-refractivity contribution < 1.29 is 24.3 Å². The van der Waals surface area contributed by atoms with Crippen molar-refractivity contribution in [1.29, 1.82) is 0 Å². The SMILES string of the molecule is Cc1ccsc1-c1ccc(CCC(=O)NC(CCC(=O)O)C(=O)NCC(N)=O)cc1. The average Bonchev–Trinajstić information content (AvgIpc) is 3.13. The highest BCUT2D eigenvalue weighted by molar-refractivity contribution is 7.13. The topological polar surface area (TPSA) is 139 Å². The van der Waals surface area contributed by atoms with Gasteiger partial charge in [0.15, 0.2) is 0 Å². The molecule has 0 radical (unpaired) electrons. The van der Waals surface area contributed by atoms with Crippen molar-refractivity contribution in [3.8, 4) is 10.4 Å². The number of benzene rings is 1. The molecule has 0 aliphatic heterocycles. The maximum absolute atomic E-state index is 12.3. The van der Waals surface area contributed by atoms with Crippen LogP contribution in [0.3, 0.4) is 0 Å². The minimum Gasteiger partial charge on any atom is -0.481 e. The second kappa shape index (κ2) is 11.1. The molecular weight excluding hydrogens is 406 g/mol. The molecule has 1 heterocycles. The van der Waals surface area contributed by atoms with Crippen LogP contribution in [0.4, 0.5) is 0 Å². The van der Waals surface area contributed by atoms with Gasteiger partial charge in [-0.2, -0.15) is 0 Å². The minimum atomic E-state index is -1.09. The summed E-state index contributed by atoms with van der Waals surface area (Å²) >= 11 is 1.68. The molecule has 1 aromatic heterocycles. The van der Waals surface area contributed by atoms with E-state index in [0.29, 0.717) is 6.42 Å². The molecule has 8 nitrogen and oxygen atoms in total. The number of carboxylic acids is 1. The lowest BCUT2D eigenvalue weighted by Crippen LogP contribution is -2.48. The number of carbonyl (C=O) groups excluding carboxylic acids is 3. The number of aliphatic carboxylic acids is 1. The smallest absolute Gasteiger partial charge is 0.303 e. The molecule has 2 rings (SSSR count). The number of carbonyl (C=O) groups is 4. The quantitative estimate of drug-likeness (QED) is 0.428. The Hall–Kier alpha value is -3.20. The lowest BCUT2D eigenvalue weighted by Gasteiger charge is -2.17. The van der Waals surface area contributed by atoms with Crippen LogP contribution in [0, 0.1) is 6.92 Å². The van der Waals surface area contributed by atoms with Gasteiger partial charge in [-0.05, 0) is 47.9 Å². The Morgan fingerprint density at radius 3 is 2.37 bits per heavy atom. The highest BCUT2D eigenvalue weighted by atomic mass is 32.1. The first-order valence-electron chi connectivity index (χ1n) is 9.47. The Morgan fingerprint density at radius 1 is 1.10 bits per heavy atom. The van der Waals surface area contributed by atoms with Crippen molar-refractivity contribution in [3.63, 3.8) is 0 Å². The number of hydrogen-bond acceptors (Lipinski definition) is 5. The molecule has 0 bridgehead atoms. The number of nitrogens with one attached hydrogen (secondary N) is 2. The Kier molecular flexibility index (Phi) is 8.54. The molecule has 3 amide bonds. The molecule has 160 valence electrons. The van der Waals surface area contributed by atoms with E-state index < -0.39 is 23.8 Å². The fourth-order valence-electron chi connectivity index (χ4n) is 2.85. The van der Waals surface area contributed by atoms with Crippen LogP contribution in [0.1, 0.15) is 30.4 Å². The molecule has 1 unspecified atom stereocenters. The van der Waals surface area contributed by atoms with E-state index in [1.807, 2.05) is 29.6 Å². The van der Waals surface area contributed by atoms with Crippen molar-refractivity contribution in [1.82, 2.24) is 10.6 Å². The lowest BCUT2D eigenvalue weighted by molar-refractivity contribution is -0.138. The number of aryl methyl sites for hydroxylation is 2. The Bertz CT molecular complexity index is 908. The zero-order valence-corrected chi connectivity index (χ0v) is 17.5. The van der Waals surface area contributed by atoms with Gasteiger partial charge in [-0.25, -0.2) is 0 Å². The van der Waals surface area contributed by atoms with Gasteiger partial charge in [0.2, 0.25) is 17.7 Å². The van der Waals surface area contributed by atoms with Crippen molar-refractivity contribution in [2.45, 2.75) is 38.6 Å². The number of hydrogen-bond donors (Lipinski definition) is 4. The first-order valence-corrected chi connectivity index (χ1v) is 10.3. The predicted octanol–water partition coefficient (Wildman–Crippen LogP) is 1.61. The molecule has 0 aliphatic rings. The van der Waals surface area contributed by atoms with Crippen molar-refractivity contribution in [2.75, 3.05) is 6.54 Å². The summed E-state index contributed by atoms with van der Waals surface area (Å²) < 4.78 is 0. The third-order valence-corrected chi connectivity index (χ3v) is 5.52. The van der Waals surface area contributed by atoms with Crippen LogP contribution in [0.25, 0.3) is 10.4 Å². The van der Waals surface area contributed by atoms with E-state index in [1.165, 1.54) is 10.4 Å². The van der Waals surface area contributed by atoms with Gasteiger partial charge in [0.05, 0.1) is 6.54 Å². The van der Waals surface area contributed by atoms with Gasteiger partial charge >= 0.3 is 5.97 Å². The van der Waals surface area contributed by atoms with Crippen LogP contribution in [0.2, 0.25) is 0 Å². The Morgan fingerprint density at radius 2 is 1.80 bits per heavy atom. The normalized spacial score (nSPS) is 11.5. The molecule has 0 saturated carbocycles.